The lowest BCUT2D eigenvalue weighted by Gasteiger charge is -2.26. The minimum absolute atomic E-state index is 0.608. The second-order valence-electron chi connectivity index (χ2n) is 12.0. The molecule has 4 nitrogen and oxygen atoms in total. The van der Waals surface area contributed by atoms with Gasteiger partial charge >= 0.3 is 0 Å². The molecule has 0 saturated heterocycles. The summed E-state index contributed by atoms with van der Waals surface area (Å²) in [6, 6.07) is 55.2. The molecule has 10 aromatic rings. The number of aromatic nitrogens is 1. The molecule has 0 aliphatic rings. The molecule has 3 heterocycles. The van der Waals surface area contributed by atoms with Crippen molar-refractivity contribution in [3.05, 3.63) is 158 Å². The van der Waals surface area contributed by atoms with Crippen LogP contribution in [0.15, 0.2) is 167 Å². The van der Waals surface area contributed by atoms with Crippen LogP contribution in [0.25, 0.3) is 75.8 Å². The normalized spacial score (nSPS) is 11.8. The van der Waals surface area contributed by atoms with Gasteiger partial charge in [0.2, 0.25) is 5.89 Å². The van der Waals surface area contributed by atoms with Crippen LogP contribution in [0.3, 0.4) is 0 Å². The molecule has 0 spiro atoms. The third-order valence-corrected chi connectivity index (χ3v) is 10.2. The maximum Gasteiger partial charge on any atom is 0.227 e. The Morgan fingerprint density at radius 1 is 0.458 bits per heavy atom. The van der Waals surface area contributed by atoms with E-state index in [9.17, 15) is 0 Å². The number of rotatable bonds is 5. The van der Waals surface area contributed by atoms with E-state index in [1.807, 2.05) is 47.7 Å². The Morgan fingerprint density at radius 2 is 1.17 bits per heavy atom. The summed E-state index contributed by atoms with van der Waals surface area (Å²) in [5, 5.41) is 4.62. The summed E-state index contributed by atoms with van der Waals surface area (Å²) in [4.78, 5) is 7.10. The highest BCUT2D eigenvalue weighted by atomic mass is 32.1. The van der Waals surface area contributed by atoms with Gasteiger partial charge in [-0.3, -0.25) is 0 Å². The molecular weight excluding hydrogens is 609 g/mol. The molecule has 10 rings (SSSR count). The van der Waals surface area contributed by atoms with Crippen LogP contribution in [0.4, 0.5) is 17.1 Å². The van der Waals surface area contributed by atoms with Crippen molar-refractivity contribution in [1.29, 1.82) is 0 Å². The lowest BCUT2D eigenvalue weighted by atomic mass is 10.0. The first-order chi connectivity index (χ1) is 23.8. The molecule has 226 valence electrons. The number of oxazole rings is 1. The molecule has 0 amide bonds. The molecular formula is C43H26N2O2S. The SMILES string of the molecule is c1ccc(-c2nc3cc4oc5ccc(-c6ccc(N(c7ccccc7)c7cccc8sc9ccccc9c78)cc6)cc5c4cc3o2)cc1. The Labute approximate surface area is 279 Å². The van der Waals surface area contributed by atoms with Crippen molar-refractivity contribution in [2.75, 3.05) is 4.90 Å². The van der Waals surface area contributed by atoms with Gasteiger partial charge in [-0.15, -0.1) is 11.3 Å². The molecule has 0 unspecified atom stereocenters. The predicted molar refractivity (Wildman–Crippen MR) is 200 cm³/mol. The lowest BCUT2D eigenvalue weighted by molar-refractivity contribution is 0.620. The Morgan fingerprint density at radius 3 is 2.02 bits per heavy atom. The Kier molecular flexibility index (Phi) is 6.01. The number of para-hydroxylation sites is 1. The maximum absolute atomic E-state index is 6.29. The van der Waals surface area contributed by atoms with Gasteiger partial charge in [0.1, 0.15) is 16.7 Å². The zero-order chi connectivity index (χ0) is 31.6. The molecule has 0 aliphatic heterocycles. The van der Waals surface area contributed by atoms with Gasteiger partial charge in [0, 0.05) is 53.9 Å². The monoisotopic (exact) mass is 634 g/mol. The molecule has 5 heteroatoms. The summed E-state index contributed by atoms with van der Waals surface area (Å²) in [7, 11) is 0. The van der Waals surface area contributed by atoms with E-state index in [1.165, 1.54) is 25.9 Å². The Bertz CT molecular complexity index is 2780. The molecule has 0 atom stereocenters. The summed E-state index contributed by atoms with van der Waals surface area (Å²) in [6.45, 7) is 0. The number of anilines is 3. The molecule has 3 aromatic heterocycles. The summed E-state index contributed by atoms with van der Waals surface area (Å²) in [6.07, 6.45) is 0. The Balaban J connectivity index is 1.06. The number of thiophene rings is 1. The average molecular weight is 635 g/mol. The zero-order valence-corrected chi connectivity index (χ0v) is 26.4. The minimum atomic E-state index is 0.608. The lowest BCUT2D eigenvalue weighted by Crippen LogP contribution is -2.10. The first kappa shape index (κ1) is 27.0. The van der Waals surface area contributed by atoms with Crippen molar-refractivity contribution in [2.24, 2.45) is 0 Å². The van der Waals surface area contributed by atoms with Crippen molar-refractivity contribution < 1.29 is 8.83 Å². The van der Waals surface area contributed by atoms with E-state index >= 15 is 0 Å². The van der Waals surface area contributed by atoms with Crippen LogP contribution in [0.2, 0.25) is 0 Å². The summed E-state index contributed by atoms with van der Waals surface area (Å²) >= 11 is 1.84. The van der Waals surface area contributed by atoms with E-state index < -0.39 is 0 Å². The van der Waals surface area contributed by atoms with Gasteiger partial charge in [-0.2, -0.15) is 0 Å². The van der Waals surface area contributed by atoms with Crippen molar-refractivity contribution in [3.63, 3.8) is 0 Å². The molecule has 48 heavy (non-hydrogen) atoms. The van der Waals surface area contributed by atoms with Crippen LogP contribution >= 0.6 is 11.3 Å². The fourth-order valence-electron chi connectivity index (χ4n) is 6.83. The molecule has 7 aromatic carbocycles. The van der Waals surface area contributed by atoms with Crippen LogP contribution in [-0.2, 0) is 0 Å². The zero-order valence-electron chi connectivity index (χ0n) is 25.6. The van der Waals surface area contributed by atoms with Crippen LogP contribution < -0.4 is 4.90 Å². The average Bonchev–Trinajstić information content (AvgIpc) is 3.84. The second-order valence-corrected chi connectivity index (χ2v) is 13.1. The van der Waals surface area contributed by atoms with Gasteiger partial charge in [0.05, 0.1) is 5.69 Å². The minimum Gasteiger partial charge on any atom is -0.456 e. The van der Waals surface area contributed by atoms with Gasteiger partial charge in [-0.25, -0.2) is 4.98 Å². The number of fused-ring (bicyclic) bond motifs is 7. The van der Waals surface area contributed by atoms with Crippen molar-refractivity contribution >= 4 is 81.6 Å². The number of furan rings is 1. The summed E-state index contributed by atoms with van der Waals surface area (Å²) < 4.78 is 15.1. The molecule has 0 radical (unpaired) electrons. The topological polar surface area (TPSA) is 42.4 Å². The second kappa shape index (κ2) is 10.7. The van der Waals surface area contributed by atoms with Crippen molar-refractivity contribution in [1.82, 2.24) is 4.98 Å². The van der Waals surface area contributed by atoms with E-state index in [-0.39, 0.29) is 0 Å². The third kappa shape index (κ3) is 4.33. The van der Waals surface area contributed by atoms with E-state index in [4.69, 9.17) is 13.8 Å². The van der Waals surface area contributed by atoms with Crippen molar-refractivity contribution in [3.8, 4) is 22.6 Å². The van der Waals surface area contributed by atoms with E-state index in [0.717, 1.165) is 61.1 Å². The first-order valence-electron chi connectivity index (χ1n) is 15.9. The highest BCUT2D eigenvalue weighted by molar-refractivity contribution is 7.26. The number of hydrogen-bond acceptors (Lipinski definition) is 5. The molecule has 0 fully saturated rings. The molecule has 0 N–H and O–H groups in total. The van der Waals surface area contributed by atoms with E-state index in [0.29, 0.717) is 5.89 Å². The number of nitrogens with zero attached hydrogens (tertiary/aromatic N) is 2. The summed E-state index contributed by atoms with van der Waals surface area (Å²) in [5.41, 5.74) is 9.76. The Hall–Kier alpha value is -6.17. The standard InChI is InChI=1S/C43H26N2O2S/c1-3-10-28(11-4-1)43-44-35-26-38-34(25-39(35)47-43)33-24-29(20-23-37(33)46-38)27-18-21-31(22-19-27)45(30-12-5-2-6-13-30)36-15-9-17-41-42(36)32-14-7-8-16-40(32)48-41/h1-26H. The van der Waals surface area contributed by atoms with Gasteiger partial charge in [0.15, 0.2) is 5.58 Å². The summed E-state index contributed by atoms with van der Waals surface area (Å²) in [5.74, 6) is 0.608. The van der Waals surface area contributed by atoms with Crippen molar-refractivity contribution in [2.45, 2.75) is 0 Å². The highest BCUT2D eigenvalue weighted by Crippen LogP contribution is 2.45. The van der Waals surface area contributed by atoms with Gasteiger partial charge < -0.3 is 13.7 Å². The smallest absolute Gasteiger partial charge is 0.227 e. The van der Waals surface area contributed by atoms with E-state index in [1.54, 1.807) is 0 Å². The first-order valence-corrected chi connectivity index (χ1v) is 16.8. The maximum atomic E-state index is 6.29. The van der Waals surface area contributed by atoms with Crippen LogP contribution in [0.5, 0.6) is 0 Å². The van der Waals surface area contributed by atoms with Crippen LogP contribution in [-0.4, -0.2) is 4.98 Å². The fraction of sp³-hybridized carbons (Fsp3) is 0. The van der Waals surface area contributed by atoms with Crippen LogP contribution in [0, 0.1) is 0 Å². The van der Waals surface area contributed by atoms with Gasteiger partial charge in [-0.05, 0) is 83.9 Å². The number of benzene rings is 7. The largest absolute Gasteiger partial charge is 0.456 e. The molecule has 0 aliphatic carbocycles. The highest BCUT2D eigenvalue weighted by Gasteiger charge is 2.19. The molecule has 0 bridgehead atoms. The van der Waals surface area contributed by atoms with Gasteiger partial charge in [-0.1, -0.05) is 78.9 Å². The quantitative estimate of drug-likeness (QED) is 0.189. The predicted octanol–water partition coefficient (Wildman–Crippen LogP) is 12.9. The third-order valence-electron chi connectivity index (χ3n) is 9.09. The van der Waals surface area contributed by atoms with Gasteiger partial charge in [0.25, 0.3) is 0 Å². The number of hydrogen-bond donors (Lipinski definition) is 0. The van der Waals surface area contributed by atoms with Crippen LogP contribution in [0.1, 0.15) is 0 Å². The molecule has 0 saturated carbocycles. The fourth-order valence-corrected chi connectivity index (χ4v) is 7.96. The van der Waals surface area contributed by atoms with E-state index in [2.05, 4.69) is 126 Å².